The van der Waals surface area contributed by atoms with Crippen molar-refractivity contribution < 1.29 is 8.42 Å². The van der Waals surface area contributed by atoms with Crippen LogP contribution in [0.2, 0.25) is 5.02 Å². The van der Waals surface area contributed by atoms with Crippen molar-refractivity contribution in [2.45, 2.75) is 19.4 Å². The largest absolute Gasteiger partial charge is 0.299 e. The van der Waals surface area contributed by atoms with Crippen LogP contribution in [0, 0.1) is 5.92 Å². The minimum absolute atomic E-state index is 0.307. The first-order valence-corrected chi connectivity index (χ1v) is 8.59. The summed E-state index contributed by atoms with van der Waals surface area (Å²) in [4.78, 5) is 2.32. The molecule has 0 aliphatic carbocycles. The monoisotopic (exact) mass is 317 g/mol. The number of halogens is 1. The van der Waals surface area contributed by atoms with Gasteiger partial charge in [-0.25, -0.2) is 9.86 Å². The number of nitrogens with one attached hydrogen (secondary N) is 1. The zero-order valence-corrected chi connectivity index (χ0v) is 12.8. The smallest absolute Gasteiger partial charge is 0.274 e. The van der Waals surface area contributed by atoms with Gasteiger partial charge in [-0.1, -0.05) is 23.7 Å². The van der Waals surface area contributed by atoms with Gasteiger partial charge in [0.15, 0.2) is 0 Å². The van der Waals surface area contributed by atoms with E-state index in [1.807, 2.05) is 18.2 Å². The van der Waals surface area contributed by atoms with Gasteiger partial charge in [0.25, 0.3) is 10.2 Å². The molecule has 20 heavy (non-hydrogen) atoms. The van der Waals surface area contributed by atoms with Crippen LogP contribution in [-0.2, 0) is 16.8 Å². The molecule has 0 saturated carbocycles. The molecule has 1 aliphatic heterocycles. The lowest BCUT2D eigenvalue weighted by Crippen LogP contribution is -2.42. The van der Waals surface area contributed by atoms with E-state index in [1.165, 1.54) is 5.56 Å². The highest BCUT2D eigenvalue weighted by atomic mass is 35.5. The van der Waals surface area contributed by atoms with Crippen molar-refractivity contribution >= 4 is 21.8 Å². The van der Waals surface area contributed by atoms with Crippen molar-refractivity contribution in [2.75, 3.05) is 19.6 Å². The molecule has 0 bridgehead atoms. The SMILES string of the molecule is NS(=O)(=O)NC[C@@H]1CCCN(Cc2cccc(Cl)c2)C1. The molecule has 1 saturated heterocycles. The molecule has 0 amide bonds. The zero-order valence-electron chi connectivity index (χ0n) is 11.3. The predicted octanol–water partition coefficient (Wildman–Crippen LogP) is 1.35. The van der Waals surface area contributed by atoms with Gasteiger partial charge in [-0.3, -0.25) is 4.90 Å². The van der Waals surface area contributed by atoms with Crippen molar-refractivity contribution in [2.24, 2.45) is 11.1 Å². The average molecular weight is 318 g/mol. The molecular formula is C13H20ClN3O2S. The van der Waals surface area contributed by atoms with E-state index in [1.54, 1.807) is 0 Å². The molecular weight excluding hydrogens is 298 g/mol. The molecule has 7 heteroatoms. The van der Waals surface area contributed by atoms with Crippen molar-refractivity contribution in [1.29, 1.82) is 0 Å². The maximum absolute atomic E-state index is 10.9. The second-order valence-electron chi connectivity index (χ2n) is 5.27. The van der Waals surface area contributed by atoms with Crippen LogP contribution >= 0.6 is 11.6 Å². The summed E-state index contributed by atoms with van der Waals surface area (Å²) in [5.74, 6) is 0.307. The first-order valence-electron chi connectivity index (χ1n) is 6.66. The zero-order chi connectivity index (χ0) is 14.6. The number of nitrogens with zero attached hydrogens (tertiary/aromatic N) is 1. The van der Waals surface area contributed by atoms with Crippen LogP contribution in [0.5, 0.6) is 0 Å². The van der Waals surface area contributed by atoms with E-state index >= 15 is 0 Å². The number of likely N-dealkylation sites (tertiary alicyclic amines) is 1. The molecule has 112 valence electrons. The summed E-state index contributed by atoms with van der Waals surface area (Å²) >= 11 is 5.98. The van der Waals surface area contributed by atoms with Crippen LogP contribution in [0.1, 0.15) is 18.4 Å². The minimum Gasteiger partial charge on any atom is -0.299 e. The van der Waals surface area contributed by atoms with E-state index in [2.05, 4.69) is 15.7 Å². The van der Waals surface area contributed by atoms with Gasteiger partial charge in [0.1, 0.15) is 0 Å². The third-order valence-electron chi connectivity index (χ3n) is 3.47. The molecule has 1 aromatic rings. The van der Waals surface area contributed by atoms with Crippen LogP contribution < -0.4 is 9.86 Å². The maximum Gasteiger partial charge on any atom is 0.274 e. The van der Waals surface area contributed by atoms with Gasteiger partial charge in [0, 0.05) is 24.7 Å². The van der Waals surface area contributed by atoms with E-state index in [4.69, 9.17) is 16.7 Å². The Morgan fingerprint density at radius 2 is 2.25 bits per heavy atom. The van der Waals surface area contributed by atoms with E-state index < -0.39 is 10.2 Å². The summed E-state index contributed by atoms with van der Waals surface area (Å²) in [5.41, 5.74) is 1.18. The fraction of sp³-hybridized carbons (Fsp3) is 0.538. The number of benzene rings is 1. The van der Waals surface area contributed by atoms with E-state index in [0.717, 1.165) is 37.5 Å². The van der Waals surface area contributed by atoms with Crippen LogP contribution in [0.4, 0.5) is 0 Å². The molecule has 5 nitrogen and oxygen atoms in total. The van der Waals surface area contributed by atoms with Gasteiger partial charge in [-0.15, -0.1) is 0 Å². The van der Waals surface area contributed by atoms with Crippen molar-refractivity contribution in [1.82, 2.24) is 9.62 Å². The lowest BCUT2D eigenvalue weighted by Gasteiger charge is -2.32. The molecule has 1 aromatic carbocycles. The van der Waals surface area contributed by atoms with Crippen molar-refractivity contribution in [3.8, 4) is 0 Å². The predicted molar refractivity (Wildman–Crippen MR) is 80.6 cm³/mol. The van der Waals surface area contributed by atoms with Crippen LogP contribution in [0.25, 0.3) is 0 Å². The van der Waals surface area contributed by atoms with Gasteiger partial charge in [-0.2, -0.15) is 8.42 Å². The molecule has 0 unspecified atom stereocenters. The molecule has 1 aliphatic rings. The Morgan fingerprint density at radius 3 is 2.95 bits per heavy atom. The Kier molecular flexibility index (Phi) is 5.40. The number of hydrogen-bond donors (Lipinski definition) is 2. The molecule has 1 fully saturated rings. The van der Waals surface area contributed by atoms with Crippen molar-refractivity contribution in [3.05, 3.63) is 34.9 Å². The maximum atomic E-state index is 10.9. The number of rotatable bonds is 5. The molecule has 1 heterocycles. The topological polar surface area (TPSA) is 75.4 Å². The van der Waals surface area contributed by atoms with Crippen LogP contribution in [0.3, 0.4) is 0 Å². The molecule has 2 rings (SSSR count). The third-order valence-corrected chi connectivity index (χ3v) is 4.28. The Morgan fingerprint density at radius 1 is 1.45 bits per heavy atom. The summed E-state index contributed by atoms with van der Waals surface area (Å²) in [5, 5.41) is 5.70. The van der Waals surface area contributed by atoms with Gasteiger partial charge in [-0.05, 0) is 43.0 Å². The Balaban J connectivity index is 1.87. The van der Waals surface area contributed by atoms with Crippen LogP contribution in [0.15, 0.2) is 24.3 Å². The first-order chi connectivity index (χ1) is 9.42. The van der Waals surface area contributed by atoms with Gasteiger partial charge in [0.05, 0.1) is 0 Å². The first kappa shape index (κ1) is 15.7. The Labute approximate surface area is 125 Å². The van der Waals surface area contributed by atoms with Crippen LogP contribution in [-0.4, -0.2) is 33.0 Å². The molecule has 0 radical (unpaired) electrons. The number of nitrogens with two attached hydrogens (primary N) is 1. The lowest BCUT2D eigenvalue weighted by molar-refractivity contribution is 0.169. The standard InChI is InChI=1S/C13H20ClN3O2S/c14-13-5-1-3-11(7-13)9-17-6-2-4-12(10-17)8-16-20(15,18)19/h1,3,5,7,12,16H,2,4,6,8-10H2,(H2,15,18,19)/t12-/m0/s1. The normalized spacial score (nSPS) is 21.0. The summed E-state index contributed by atoms with van der Waals surface area (Å²) in [7, 11) is -3.59. The summed E-state index contributed by atoms with van der Waals surface area (Å²) in [6, 6.07) is 7.83. The summed E-state index contributed by atoms with van der Waals surface area (Å²) < 4.78 is 24.2. The highest BCUT2D eigenvalue weighted by Gasteiger charge is 2.20. The van der Waals surface area contributed by atoms with Gasteiger partial charge < -0.3 is 0 Å². The highest BCUT2D eigenvalue weighted by molar-refractivity contribution is 7.87. The second-order valence-corrected chi connectivity index (χ2v) is 7.08. The number of hydrogen-bond acceptors (Lipinski definition) is 3. The Hall–Kier alpha value is -0.660. The summed E-state index contributed by atoms with van der Waals surface area (Å²) in [6.45, 7) is 3.14. The fourth-order valence-corrected chi connectivity index (χ4v) is 3.27. The van der Waals surface area contributed by atoms with Gasteiger partial charge >= 0.3 is 0 Å². The van der Waals surface area contributed by atoms with Crippen molar-refractivity contribution in [3.63, 3.8) is 0 Å². The average Bonchev–Trinajstić information content (AvgIpc) is 2.36. The van der Waals surface area contributed by atoms with Gasteiger partial charge in [0.2, 0.25) is 0 Å². The minimum atomic E-state index is -3.59. The molecule has 0 aromatic heterocycles. The number of piperidine rings is 1. The fourth-order valence-electron chi connectivity index (χ4n) is 2.59. The third kappa shape index (κ3) is 5.38. The molecule has 0 spiro atoms. The molecule has 3 N–H and O–H groups in total. The lowest BCUT2D eigenvalue weighted by atomic mass is 9.98. The Bertz CT molecular complexity index is 550. The summed E-state index contributed by atoms with van der Waals surface area (Å²) in [6.07, 6.45) is 2.09. The van der Waals surface area contributed by atoms with E-state index in [9.17, 15) is 8.42 Å². The van der Waals surface area contributed by atoms with E-state index in [0.29, 0.717) is 12.5 Å². The van der Waals surface area contributed by atoms with E-state index in [-0.39, 0.29) is 0 Å². The quantitative estimate of drug-likeness (QED) is 0.860. The second kappa shape index (κ2) is 6.87. The highest BCUT2D eigenvalue weighted by Crippen LogP contribution is 2.19. The molecule has 1 atom stereocenters.